The largest absolute Gasteiger partial charge is 0.497 e. The maximum absolute atomic E-state index is 13.0. The molecule has 1 heterocycles. The molecule has 0 aliphatic rings. The number of ether oxygens (including phenoxy) is 1. The Morgan fingerprint density at radius 2 is 1.48 bits per heavy atom. The zero-order chi connectivity index (χ0) is 22.4. The number of methoxy groups -OCH3 is 1. The summed E-state index contributed by atoms with van der Waals surface area (Å²) in [7, 11) is 3.54. The molecule has 0 radical (unpaired) electrons. The van der Waals surface area contributed by atoms with Gasteiger partial charge < -0.3 is 14.5 Å². The Morgan fingerprint density at radius 3 is 2.03 bits per heavy atom. The monoisotopic (exact) mass is 437 g/mol. The van der Waals surface area contributed by atoms with Crippen LogP contribution in [0.5, 0.6) is 5.75 Å². The first-order chi connectivity index (χ1) is 15.0. The van der Waals surface area contributed by atoms with Crippen LogP contribution in [0.3, 0.4) is 0 Å². The molecule has 6 heteroatoms. The molecule has 0 saturated heterocycles. The lowest BCUT2D eigenvalue weighted by Gasteiger charge is -2.22. The van der Waals surface area contributed by atoms with Crippen molar-refractivity contribution in [3.63, 3.8) is 0 Å². The van der Waals surface area contributed by atoms with Gasteiger partial charge in [0.1, 0.15) is 15.6 Å². The molecule has 164 valence electrons. The standard InChI is InChI=1S/C25H31N3O2S/c1-6-28(7-2)17-16-27(4)25(29)23-18(3)26-24(31-23)21-10-8-19(9-11-21)20-12-14-22(30-5)15-13-20/h8-15H,6-7,16-17H2,1-5H3. The summed E-state index contributed by atoms with van der Waals surface area (Å²) in [6.45, 7) is 9.78. The third-order valence-corrected chi connectivity index (χ3v) is 6.73. The van der Waals surface area contributed by atoms with Crippen LogP contribution in [-0.2, 0) is 0 Å². The number of likely N-dealkylation sites (N-methyl/N-ethyl adjacent to an activating group) is 2. The van der Waals surface area contributed by atoms with Crippen LogP contribution >= 0.6 is 11.3 Å². The molecule has 0 atom stereocenters. The zero-order valence-electron chi connectivity index (χ0n) is 19.0. The van der Waals surface area contributed by atoms with E-state index in [9.17, 15) is 4.79 Å². The van der Waals surface area contributed by atoms with Gasteiger partial charge in [-0.2, -0.15) is 0 Å². The first-order valence-electron chi connectivity index (χ1n) is 10.7. The van der Waals surface area contributed by atoms with Gasteiger partial charge in [0.2, 0.25) is 0 Å². The van der Waals surface area contributed by atoms with Gasteiger partial charge in [-0.1, -0.05) is 50.2 Å². The number of hydrogen-bond acceptors (Lipinski definition) is 5. The number of carbonyl (C=O) groups is 1. The van der Waals surface area contributed by atoms with Gasteiger partial charge >= 0.3 is 0 Å². The van der Waals surface area contributed by atoms with Crippen molar-refractivity contribution in [2.24, 2.45) is 0 Å². The molecule has 0 N–H and O–H groups in total. The second-order valence-corrected chi connectivity index (χ2v) is 8.49. The molecule has 0 bridgehead atoms. The van der Waals surface area contributed by atoms with Gasteiger partial charge in [-0.15, -0.1) is 11.3 Å². The van der Waals surface area contributed by atoms with E-state index in [0.717, 1.165) is 57.7 Å². The highest BCUT2D eigenvalue weighted by atomic mass is 32.1. The van der Waals surface area contributed by atoms with Gasteiger partial charge in [0, 0.05) is 25.7 Å². The number of thiazole rings is 1. The summed E-state index contributed by atoms with van der Waals surface area (Å²) in [5.41, 5.74) is 4.08. The molecule has 0 saturated carbocycles. The van der Waals surface area contributed by atoms with E-state index in [4.69, 9.17) is 4.74 Å². The normalized spacial score (nSPS) is 11.0. The Labute approximate surface area is 189 Å². The highest BCUT2D eigenvalue weighted by Gasteiger charge is 2.20. The fourth-order valence-corrected chi connectivity index (χ4v) is 4.48. The third-order valence-electron chi connectivity index (χ3n) is 5.54. The molecule has 3 aromatic rings. The Kier molecular flexibility index (Phi) is 7.82. The zero-order valence-corrected chi connectivity index (χ0v) is 19.8. The number of aromatic nitrogens is 1. The van der Waals surface area contributed by atoms with Crippen molar-refractivity contribution >= 4 is 17.2 Å². The lowest BCUT2D eigenvalue weighted by Crippen LogP contribution is -2.36. The third kappa shape index (κ3) is 5.51. The summed E-state index contributed by atoms with van der Waals surface area (Å²) >= 11 is 1.47. The fraction of sp³-hybridized carbons (Fsp3) is 0.360. The van der Waals surface area contributed by atoms with Crippen LogP contribution in [0.15, 0.2) is 48.5 Å². The topological polar surface area (TPSA) is 45.7 Å². The Balaban J connectivity index is 1.73. The van der Waals surface area contributed by atoms with E-state index in [2.05, 4.69) is 48.0 Å². The van der Waals surface area contributed by atoms with Crippen LogP contribution in [0.25, 0.3) is 21.7 Å². The first-order valence-corrected chi connectivity index (χ1v) is 11.5. The van der Waals surface area contributed by atoms with Gasteiger partial charge in [0.15, 0.2) is 0 Å². The van der Waals surface area contributed by atoms with Crippen molar-refractivity contribution in [3.05, 3.63) is 59.1 Å². The molecule has 0 fully saturated rings. The van der Waals surface area contributed by atoms with E-state index in [0.29, 0.717) is 6.54 Å². The Bertz CT molecular complexity index is 993. The molecule has 0 aliphatic heterocycles. The van der Waals surface area contributed by atoms with Crippen molar-refractivity contribution in [2.75, 3.05) is 40.3 Å². The summed E-state index contributed by atoms with van der Waals surface area (Å²) in [5.74, 6) is 0.890. The van der Waals surface area contributed by atoms with Crippen molar-refractivity contribution in [3.8, 4) is 27.4 Å². The first kappa shape index (κ1) is 23.0. The average molecular weight is 438 g/mol. The maximum Gasteiger partial charge on any atom is 0.265 e. The number of carbonyl (C=O) groups excluding carboxylic acids is 1. The smallest absolute Gasteiger partial charge is 0.265 e. The minimum atomic E-state index is 0.0447. The van der Waals surface area contributed by atoms with Gasteiger partial charge in [-0.25, -0.2) is 4.98 Å². The SMILES string of the molecule is CCN(CC)CCN(C)C(=O)c1sc(-c2ccc(-c3ccc(OC)cc3)cc2)nc1C. The van der Waals surface area contributed by atoms with Crippen LogP contribution in [0.1, 0.15) is 29.2 Å². The minimum absolute atomic E-state index is 0.0447. The minimum Gasteiger partial charge on any atom is -0.497 e. The van der Waals surface area contributed by atoms with E-state index in [-0.39, 0.29) is 5.91 Å². The molecule has 0 aliphatic carbocycles. The summed E-state index contributed by atoms with van der Waals surface area (Å²) in [4.78, 5) is 22.5. The second kappa shape index (κ2) is 10.6. The summed E-state index contributed by atoms with van der Waals surface area (Å²) in [5, 5.41) is 0.874. The summed E-state index contributed by atoms with van der Waals surface area (Å²) < 4.78 is 5.23. The van der Waals surface area contributed by atoms with Crippen LogP contribution in [0, 0.1) is 6.92 Å². The lowest BCUT2D eigenvalue weighted by molar-refractivity contribution is 0.0783. The van der Waals surface area contributed by atoms with Gasteiger partial charge in [-0.3, -0.25) is 4.79 Å². The average Bonchev–Trinajstić information content (AvgIpc) is 3.20. The van der Waals surface area contributed by atoms with Crippen molar-refractivity contribution in [1.82, 2.24) is 14.8 Å². The maximum atomic E-state index is 13.0. The number of benzene rings is 2. The van der Waals surface area contributed by atoms with E-state index < -0.39 is 0 Å². The number of hydrogen-bond donors (Lipinski definition) is 0. The van der Waals surface area contributed by atoms with Gasteiger partial charge in [-0.05, 0) is 43.3 Å². The van der Waals surface area contributed by atoms with Crippen LogP contribution in [0.4, 0.5) is 0 Å². The molecule has 3 rings (SSSR count). The van der Waals surface area contributed by atoms with Gasteiger partial charge in [0.25, 0.3) is 5.91 Å². The molecule has 31 heavy (non-hydrogen) atoms. The fourth-order valence-electron chi connectivity index (χ4n) is 3.41. The molecule has 0 unspecified atom stereocenters. The van der Waals surface area contributed by atoms with Crippen molar-refractivity contribution in [2.45, 2.75) is 20.8 Å². The van der Waals surface area contributed by atoms with E-state index in [1.165, 1.54) is 11.3 Å². The molecule has 1 amide bonds. The second-order valence-electron chi connectivity index (χ2n) is 7.49. The van der Waals surface area contributed by atoms with Crippen molar-refractivity contribution < 1.29 is 9.53 Å². The molecule has 1 aromatic heterocycles. The van der Waals surface area contributed by atoms with Crippen molar-refractivity contribution in [1.29, 1.82) is 0 Å². The highest BCUT2D eigenvalue weighted by molar-refractivity contribution is 7.17. The van der Waals surface area contributed by atoms with Crippen LogP contribution in [-0.4, -0.2) is 61.0 Å². The van der Waals surface area contributed by atoms with Gasteiger partial charge in [0.05, 0.1) is 12.8 Å². The molecular formula is C25H31N3O2S. The summed E-state index contributed by atoms with van der Waals surface area (Å²) in [6.07, 6.45) is 0. The number of rotatable bonds is 9. The predicted molar refractivity (Wildman–Crippen MR) is 129 cm³/mol. The van der Waals surface area contributed by atoms with Crippen LogP contribution < -0.4 is 4.74 Å². The van der Waals surface area contributed by atoms with E-state index >= 15 is 0 Å². The molecule has 2 aromatic carbocycles. The Hall–Kier alpha value is -2.70. The predicted octanol–water partition coefficient (Wildman–Crippen LogP) is 5.21. The van der Waals surface area contributed by atoms with E-state index in [1.54, 1.807) is 12.0 Å². The molecule has 0 spiro atoms. The number of aryl methyl sites for hydroxylation is 1. The Morgan fingerprint density at radius 1 is 0.935 bits per heavy atom. The van der Waals surface area contributed by atoms with E-state index in [1.807, 2.05) is 38.2 Å². The highest BCUT2D eigenvalue weighted by Crippen LogP contribution is 2.31. The quantitative estimate of drug-likeness (QED) is 0.461. The number of nitrogens with zero attached hydrogens (tertiary/aromatic N) is 3. The lowest BCUT2D eigenvalue weighted by atomic mass is 10.0. The molecule has 5 nitrogen and oxygen atoms in total. The number of amides is 1. The summed E-state index contributed by atoms with van der Waals surface area (Å²) in [6, 6.07) is 16.3. The van der Waals surface area contributed by atoms with Crippen LogP contribution in [0.2, 0.25) is 0 Å². The molecular weight excluding hydrogens is 406 g/mol.